The van der Waals surface area contributed by atoms with Gasteiger partial charge in [-0.3, -0.25) is 0 Å². The Balaban J connectivity index is 3.40. The monoisotopic (exact) mass is 219 g/mol. The maximum Gasteiger partial charge on any atom is 0.173 e. The number of aromatic hydroxyl groups is 1. The molecule has 1 atom stereocenters. The summed E-state index contributed by atoms with van der Waals surface area (Å²) >= 11 is 0. The first-order valence-electron chi connectivity index (χ1n) is 4.14. The molecule has 0 aliphatic rings. The minimum atomic E-state index is -1.24. The second-order valence-corrected chi connectivity index (χ2v) is 2.93. The Morgan fingerprint density at radius 2 is 2.07 bits per heavy atom. The van der Waals surface area contributed by atoms with Gasteiger partial charge in [-0.05, 0) is 0 Å². The molecule has 15 heavy (non-hydrogen) atoms. The van der Waals surface area contributed by atoms with E-state index in [1.54, 1.807) is 0 Å². The molecule has 0 heterocycles. The quantitative estimate of drug-likeness (QED) is 0.698. The first-order chi connectivity index (χ1) is 7.02. The predicted molar refractivity (Wildman–Crippen MR) is 48.6 cm³/mol. The van der Waals surface area contributed by atoms with E-state index in [2.05, 4.69) is 4.74 Å². The molecule has 0 bridgehead atoms. The van der Waals surface area contributed by atoms with Crippen molar-refractivity contribution in [1.82, 2.24) is 0 Å². The number of halogens is 2. The number of methoxy groups -OCH3 is 1. The van der Waals surface area contributed by atoms with Gasteiger partial charge in [0.15, 0.2) is 23.1 Å². The van der Waals surface area contributed by atoms with Crippen molar-refractivity contribution in [2.45, 2.75) is 6.04 Å². The molecule has 0 aliphatic heterocycles. The molecule has 0 aromatic heterocycles. The standard InChI is InChI=1S/C9H11F2NO3/c1-15-6-2-5(14)8(10)7(9(6)11)4(12)3-13/h2,4,13-14H,3,12H2,1H3. The molecule has 4 nitrogen and oxygen atoms in total. The van der Waals surface area contributed by atoms with Crippen LogP contribution in [0.25, 0.3) is 0 Å². The van der Waals surface area contributed by atoms with Crippen molar-refractivity contribution in [3.8, 4) is 11.5 Å². The van der Waals surface area contributed by atoms with Crippen molar-refractivity contribution in [1.29, 1.82) is 0 Å². The average molecular weight is 219 g/mol. The van der Waals surface area contributed by atoms with Crippen molar-refractivity contribution < 1.29 is 23.7 Å². The summed E-state index contributed by atoms with van der Waals surface area (Å²) in [6.07, 6.45) is 0. The van der Waals surface area contributed by atoms with Crippen molar-refractivity contribution in [2.75, 3.05) is 13.7 Å². The fraction of sp³-hybridized carbons (Fsp3) is 0.333. The number of ether oxygens (including phenoxy) is 1. The van der Waals surface area contributed by atoms with Gasteiger partial charge in [-0.15, -0.1) is 0 Å². The largest absolute Gasteiger partial charge is 0.505 e. The predicted octanol–water partition coefficient (Wildman–Crippen LogP) is 0.671. The summed E-state index contributed by atoms with van der Waals surface area (Å²) in [7, 11) is 1.17. The second kappa shape index (κ2) is 4.41. The summed E-state index contributed by atoms with van der Waals surface area (Å²) in [6, 6.07) is -0.441. The molecule has 1 aromatic carbocycles. The summed E-state index contributed by atoms with van der Waals surface area (Å²) in [5.74, 6) is -3.30. The van der Waals surface area contributed by atoms with Crippen molar-refractivity contribution in [3.63, 3.8) is 0 Å². The first-order valence-corrected chi connectivity index (χ1v) is 4.14. The zero-order chi connectivity index (χ0) is 11.6. The first kappa shape index (κ1) is 11.7. The van der Waals surface area contributed by atoms with Gasteiger partial charge in [-0.1, -0.05) is 0 Å². The van der Waals surface area contributed by atoms with Gasteiger partial charge in [0.25, 0.3) is 0 Å². The van der Waals surface area contributed by atoms with E-state index in [1.807, 2.05) is 0 Å². The molecule has 0 radical (unpaired) electrons. The molecule has 0 aliphatic carbocycles. The van der Waals surface area contributed by atoms with E-state index >= 15 is 0 Å². The SMILES string of the molecule is COc1cc(O)c(F)c(C(N)CO)c1F. The molecule has 0 amide bonds. The van der Waals surface area contributed by atoms with E-state index in [1.165, 1.54) is 7.11 Å². The lowest BCUT2D eigenvalue weighted by atomic mass is 10.1. The highest BCUT2D eigenvalue weighted by Crippen LogP contribution is 2.33. The highest BCUT2D eigenvalue weighted by molar-refractivity contribution is 5.42. The van der Waals surface area contributed by atoms with Crippen LogP contribution < -0.4 is 10.5 Å². The molecule has 0 saturated heterocycles. The summed E-state index contributed by atoms with van der Waals surface area (Å²) in [5.41, 5.74) is 4.70. The van der Waals surface area contributed by atoms with Crippen molar-refractivity contribution >= 4 is 0 Å². The number of nitrogens with two attached hydrogens (primary N) is 1. The number of phenolic OH excluding ortho intramolecular Hbond substituents is 1. The van der Waals surface area contributed by atoms with Gasteiger partial charge in [-0.2, -0.15) is 0 Å². The topological polar surface area (TPSA) is 75.7 Å². The highest BCUT2D eigenvalue weighted by Gasteiger charge is 2.23. The number of hydrogen-bond donors (Lipinski definition) is 3. The van der Waals surface area contributed by atoms with Crippen molar-refractivity contribution in [3.05, 3.63) is 23.3 Å². The summed E-state index contributed by atoms with van der Waals surface area (Å²) < 4.78 is 31.3. The maximum atomic E-state index is 13.5. The number of rotatable bonds is 3. The third-order valence-electron chi connectivity index (χ3n) is 1.97. The molecule has 6 heteroatoms. The Morgan fingerprint density at radius 3 is 2.53 bits per heavy atom. The van der Waals surface area contributed by atoms with Crippen molar-refractivity contribution in [2.24, 2.45) is 5.73 Å². The molecule has 0 fully saturated rings. The van der Waals surface area contributed by atoms with Crippen LogP contribution in [0.2, 0.25) is 0 Å². The van der Waals surface area contributed by atoms with E-state index in [4.69, 9.17) is 15.9 Å². The number of phenols is 1. The van der Waals surface area contributed by atoms with Gasteiger partial charge in [0.2, 0.25) is 0 Å². The molecule has 4 N–H and O–H groups in total. The minimum absolute atomic E-state index is 0.326. The summed E-state index contributed by atoms with van der Waals surface area (Å²) in [6.45, 7) is -0.638. The summed E-state index contributed by atoms with van der Waals surface area (Å²) in [5, 5.41) is 17.8. The normalized spacial score (nSPS) is 12.6. The van der Waals surface area contributed by atoms with Gasteiger partial charge < -0.3 is 20.7 Å². The van der Waals surface area contributed by atoms with Crippen LogP contribution in [0.4, 0.5) is 8.78 Å². The van der Waals surface area contributed by atoms with E-state index in [9.17, 15) is 8.78 Å². The van der Waals surface area contributed by atoms with Crippen LogP contribution in [0.3, 0.4) is 0 Å². The Hall–Kier alpha value is -1.40. The van der Waals surface area contributed by atoms with Gasteiger partial charge in [0.1, 0.15) is 0 Å². The summed E-state index contributed by atoms with van der Waals surface area (Å²) in [4.78, 5) is 0. The van der Waals surface area contributed by atoms with Gasteiger partial charge >= 0.3 is 0 Å². The minimum Gasteiger partial charge on any atom is -0.505 e. The number of benzene rings is 1. The van der Waals surface area contributed by atoms with Crippen LogP contribution in [0.1, 0.15) is 11.6 Å². The zero-order valence-electron chi connectivity index (χ0n) is 8.00. The smallest absolute Gasteiger partial charge is 0.173 e. The van der Waals surface area contributed by atoms with Crippen LogP contribution in [0.15, 0.2) is 6.07 Å². The molecular formula is C9H11F2NO3. The maximum absolute atomic E-state index is 13.5. The Labute approximate surface area is 84.9 Å². The molecule has 0 spiro atoms. The number of hydrogen-bond acceptors (Lipinski definition) is 4. The lowest BCUT2D eigenvalue weighted by molar-refractivity contribution is 0.259. The molecule has 1 aromatic rings. The molecule has 1 rings (SSSR count). The van der Waals surface area contributed by atoms with E-state index in [0.717, 1.165) is 6.07 Å². The van der Waals surface area contributed by atoms with Gasteiger partial charge in [-0.25, -0.2) is 8.78 Å². The fourth-order valence-corrected chi connectivity index (χ4v) is 1.18. The Bertz CT molecular complexity index is 371. The van der Waals surface area contributed by atoms with Gasteiger partial charge in [0.05, 0.1) is 25.3 Å². The van der Waals surface area contributed by atoms with E-state index in [0.29, 0.717) is 0 Å². The van der Waals surface area contributed by atoms with Crippen LogP contribution in [-0.4, -0.2) is 23.9 Å². The third-order valence-corrected chi connectivity index (χ3v) is 1.97. The Morgan fingerprint density at radius 1 is 1.47 bits per heavy atom. The van der Waals surface area contributed by atoms with Crippen LogP contribution in [0.5, 0.6) is 11.5 Å². The zero-order valence-corrected chi connectivity index (χ0v) is 8.00. The second-order valence-electron chi connectivity index (χ2n) is 2.93. The number of aliphatic hydroxyl groups excluding tert-OH is 1. The lowest BCUT2D eigenvalue weighted by Crippen LogP contribution is -2.18. The van der Waals surface area contributed by atoms with E-state index in [-0.39, 0.29) is 5.75 Å². The van der Waals surface area contributed by atoms with Gasteiger partial charge in [0, 0.05) is 6.07 Å². The Kier molecular flexibility index (Phi) is 3.43. The highest BCUT2D eigenvalue weighted by atomic mass is 19.1. The number of aliphatic hydroxyl groups is 1. The average Bonchev–Trinajstić information content (AvgIpc) is 2.23. The molecule has 0 saturated carbocycles. The lowest BCUT2D eigenvalue weighted by Gasteiger charge is -2.14. The molecular weight excluding hydrogens is 208 g/mol. The van der Waals surface area contributed by atoms with Crippen LogP contribution in [0, 0.1) is 11.6 Å². The molecule has 84 valence electrons. The van der Waals surface area contributed by atoms with Crippen LogP contribution >= 0.6 is 0 Å². The van der Waals surface area contributed by atoms with Crippen LogP contribution in [-0.2, 0) is 0 Å². The molecule has 1 unspecified atom stereocenters. The van der Waals surface area contributed by atoms with E-state index < -0.39 is 35.6 Å². The third kappa shape index (κ3) is 2.00. The fourth-order valence-electron chi connectivity index (χ4n) is 1.18.